The van der Waals surface area contributed by atoms with E-state index in [1.165, 1.54) is 11.3 Å². The maximum absolute atomic E-state index is 11.2. The van der Waals surface area contributed by atoms with Gasteiger partial charge >= 0.3 is 0 Å². The summed E-state index contributed by atoms with van der Waals surface area (Å²) in [4.78, 5) is 13.1. The number of halogens is 1. The summed E-state index contributed by atoms with van der Waals surface area (Å²) in [6.07, 6.45) is 0. The summed E-state index contributed by atoms with van der Waals surface area (Å²) in [5.41, 5.74) is 1.14. The molecule has 0 spiro atoms. The van der Waals surface area contributed by atoms with Crippen LogP contribution in [0.4, 0.5) is 0 Å². The van der Waals surface area contributed by atoms with Gasteiger partial charge in [-0.1, -0.05) is 28.1 Å². The molecular formula is C12H9BrOS. The summed E-state index contributed by atoms with van der Waals surface area (Å²) in [6.45, 7) is 1.59. The molecule has 0 atom stereocenters. The minimum atomic E-state index is 0.126. The van der Waals surface area contributed by atoms with E-state index in [1.54, 1.807) is 6.92 Å². The average Bonchev–Trinajstić information content (AvgIpc) is 2.66. The summed E-state index contributed by atoms with van der Waals surface area (Å²) in [5, 5.41) is 0. The van der Waals surface area contributed by atoms with Gasteiger partial charge in [0.25, 0.3) is 0 Å². The van der Waals surface area contributed by atoms with Gasteiger partial charge in [0.05, 0.1) is 4.88 Å². The predicted molar refractivity (Wildman–Crippen MR) is 67.5 cm³/mol. The van der Waals surface area contributed by atoms with E-state index in [-0.39, 0.29) is 5.78 Å². The third-order valence-corrected chi connectivity index (χ3v) is 3.79. The fourth-order valence-corrected chi connectivity index (χ4v) is 2.62. The van der Waals surface area contributed by atoms with Gasteiger partial charge in [0.2, 0.25) is 0 Å². The minimum absolute atomic E-state index is 0.126. The van der Waals surface area contributed by atoms with Gasteiger partial charge in [-0.25, -0.2) is 0 Å². The number of hydrogen-bond donors (Lipinski definition) is 0. The number of thiophene rings is 1. The Kier molecular flexibility index (Phi) is 3.03. The van der Waals surface area contributed by atoms with Crippen molar-refractivity contribution >= 4 is 33.0 Å². The average molecular weight is 281 g/mol. The molecule has 1 heterocycles. The summed E-state index contributed by atoms with van der Waals surface area (Å²) >= 11 is 4.97. The highest BCUT2D eigenvalue weighted by atomic mass is 79.9. The highest BCUT2D eigenvalue weighted by molar-refractivity contribution is 9.10. The monoisotopic (exact) mass is 280 g/mol. The highest BCUT2D eigenvalue weighted by Gasteiger charge is 2.05. The first kappa shape index (κ1) is 10.6. The lowest BCUT2D eigenvalue weighted by Crippen LogP contribution is -1.83. The summed E-state index contributed by atoms with van der Waals surface area (Å²) in [7, 11) is 0. The Hall–Kier alpha value is -0.930. The summed E-state index contributed by atoms with van der Waals surface area (Å²) in [5.74, 6) is 0.126. The van der Waals surface area contributed by atoms with Crippen molar-refractivity contribution in [2.75, 3.05) is 0 Å². The van der Waals surface area contributed by atoms with E-state index in [0.717, 1.165) is 19.8 Å². The number of rotatable bonds is 2. The van der Waals surface area contributed by atoms with Crippen molar-refractivity contribution in [3.8, 4) is 10.4 Å². The Labute approximate surface area is 101 Å². The quantitative estimate of drug-likeness (QED) is 0.746. The Morgan fingerprint density at radius 1 is 1.27 bits per heavy atom. The van der Waals surface area contributed by atoms with Crippen molar-refractivity contribution in [2.24, 2.45) is 0 Å². The van der Waals surface area contributed by atoms with E-state index in [1.807, 2.05) is 30.3 Å². The van der Waals surface area contributed by atoms with Gasteiger partial charge in [-0.05, 0) is 36.8 Å². The second-order valence-electron chi connectivity index (χ2n) is 3.23. The second kappa shape index (κ2) is 4.29. The molecule has 0 aliphatic carbocycles. The van der Waals surface area contributed by atoms with Crippen LogP contribution in [0.5, 0.6) is 0 Å². The molecule has 0 radical (unpaired) electrons. The Balaban J connectivity index is 2.41. The Morgan fingerprint density at radius 2 is 2.07 bits per heavy atom. The van der Waals surface area contributed by atoms with E-state index in [2.05, 4.69) is 22.0 Å². The highest BCUT2D eigenvalue weighted by Crippen LogP contribution is 2.29. The van der Waals surface area contributed by atoms with Crippen LogP contribution in [0.1, 0.15) is 16.6 Å². The van der Waals surface area contributed by atoms with Gasteiger partial charge in [0.1, 0.15) is 0 Å². The van der Waals surface area contributed by atoms with Gasteiger partial charge in [-0.15, -0.1) is 11.3 Å². The maximum atomic E-state index is 11.2. The smallest absolute Gasteiger partial charge is 0.169 e. The van der Waals surface area contributed by atoms with Crippen molar-refractivity contribution in [1.29, 1.82) is 0 Å². The number of hydrogen-bond acceptors (Lipinski definition) is 2. The molecular weight excluding hydrogens is 272 g/mol. The first-order valence-corrected chi connectivity index (χ1v) is 6.14. The molecule has 1 nitrogen and oxygen atoms in total. The SMILES string of the molecule is CC(=O)c1ccc(-c2cccc(Br)c2)s1. The van der Waals surface area contributed by atoms with Crippen LogP contribution in [0, 0.1) is 0 Å². The molecule has 0 bridgehead atoms. The number of carbonyl (C=O) groups is 1. The third kappa shape index (κ3) is 2.36. The Bertz CT molecular complexity index is 502. The molecule has 2 rings (SSSR count). The Morgan fingerprint density at radius 3 is 2.67 bits per heavy atom. The molecule has 0 aliphatic rings. The van der Waals surface area contributed by atoms with Crippen molar-refractivity contribution in [3.05, 3.63) is 45.7 Å². The van der Waals surface area contributed by atoms with Gasteiger partial charge < -0.3 is 0 Å². The molecule has 15 heavy (non-hydrogen) atoms. The van der Waals surface area contributed by atoms with Crippen LogP contribution >= 0.6 is 27.3 Å². The van der Waals surface area contributed by atoms with E-state index >= 15 is 0 Å². The first-order chi connectivity index (χ1) is 7.16. The van der Waals surface area contributed by atoms with Crippen molar-refractivity contribution in [2.45, 2.75) is 6.92 Å². The summed E-state index contributed by atoms with van der Waals surface area (Å²) in [6, 6.07) is 11.9. The fraction of sp³-hybridized carbons (Fsp3) is 0.0833. The third-order valence-electron chi connectivity index (χ3n) is 2.06. The van der Waals surface area contributed by atoms with E-state index in [4.69, 9.17) is 0 Å². The number of carbonyl (C=O) groups excluding carboxylic acids is 1. The lowest BCUT2D eigenvalue weighted by Gasteiger charge is -1.97. The largest absolute Gasteiger partial charge is 0.294 e. The lowest BCUT2D eigenvalue weighted by atomic mass is 10.2. The number of Topliss-reactive ketones (excluding diaryl/α,β-unsaturated/α-hetero) is 1. The molecule has 3 heteroatoms. The predicted octanol–water partition coefficient (Wildman–Crippen LogP) is 4.38. The van der Waals surface area contributed by atoms with Gasteiger partial charge in [-0.2, -0.15) is 0 Å². The molecule has 0 fully saturated rings. The van der Waals surface area contributed by atoms with Crippen LogP contribution in [0.25, 0.3) is 10.4 Å². The molecule has 0 aliphatic heterocycles. The lowest BCUT2D eigenvalue weighted by molar-refractivity contribution is 0.102. The van der Waals surface area contributed by atoms with E-state index in [9.17, 15) is 4.79 Å². The second-order valence-corrected chi connectivity index (χ2v) is 5.23. The maximum Gasteiger partial charge on any atom is 0.169 e. The van der Waals surface area contributed by atoms with Gasteiger partial charge in [0.15, 0.2) is 5.78 Å². The molecule has 76 valence electrons. The molecule has 1 aromatic carbocycles. The zero-order valence-electron chi connectivity index (χ0n) is 8.16. The van der Waals surface area contributed by atoms with E-state index in [0.29, 0.717) is 0 Å². The molecule has 0 amide bonds. The summed E-state index contributed by atoms with van der Waals surface area (Å²) < 4.78 is 1.05. The van der Waals surface area contributed by atoms with Crippen LogP contribution in [0.3, 0.4) is 0 Å². The number of benzene rings is 1. The van der Waals surface area contributed by atoms with Gasteiger partial charge in [0, 0.05) is 9.35 Å². The van der Waals surface area contributed by atoms with E-state index < -0.39 is 0 Å². The molecule has 1 aromatic heterocycles. The molecule has 0 N–H and O–H groups in total. The van der Waals surface area contributed by atoms with Crippen molar-refractivity contribution < 1.29 is 4.79 Å². The van der Waals surface area contributed by atoms with Crippen LogP contribution in [0.15, 0.2) is 40.9 Å². The minimum Gasteiger partial charge on any atom is -0.294 e. The fourth-order valence-electron chi connectivity index (χ4n) is 1.32. The standard InChI is InChI=1S/C12H9BrOS/c1-8(14)11-5-6-12(15-11)9-3-2-4-10(13)7-9/h2-7H,1H3. The first-order valence-electron chi connectivity index (χ1n) is 4.53. The molecule has 0 unspecified atom stereocenters. The molecule has 0 saturated carbocycles. The van der Waals surface area contributed by atoms with Crippen LogP contribution in [0.2, 0.25) is 0 Å². The zero-order valence-corrected chi connectivity index (χ0v) is 10.6. The number of ketones is 1. The van der Waals surface area contributed by atoms with Gasteiger partial charge in [-0.3, -0.25) is 4.79 Å². The van der Waals surface area contributed by atoms with Crippen molar-refractivity contribution in [1.82, 2.24) is 0 Å². The normalized spacial score (nSPS) is 10.3. The molecule has 2 aromatic rings. The van der Waals surface area contributed by atoms with Crippen LogP contribution in [-0.4, -0.2) is 5.78 Å². The zero-order chi connectivity index (χ0) is 10.8. The van der Waals surface area contributed by atoms with Crippen LogP contribution < -0.4 is 0 Å². The topological polar surface area (TPSA) is 17.1 Å². The molecule has 0 saturated heterocycles. The van der Waals surface area contributed by atoms with Crippen molar-refractivity contribution in [3.63, 3.8) is 0 Å². The van der Waals surface area contributed by atoms with Crippen LogP contribution in [-0.2, 0) is 0 Å².